The lowest BCUT2D eigenvalue weighted by Crippen LogP contribution is -2.55. The van der Waals surface area contributed by atoms with E-state index in [2.05, 4.69) is 96.8 Å². The van der Waals surface area contributed by atoms with Crippen LogP contribution in [-0.4, -0.2) is 22.7 Å². The van der Waals surface area contributed by atoms with E-state index in [4.69, 9.17) is 0 Å². The fourth-order valence-corrected chi connectivity index (χ4v) is 4.37. The molecule has 0 spiro atoms. The van der Waals surface area contributed by atoms with E-state index in [1.54, 1.807) is 0 Å². The zero-order valence-corrected chi connectivity index (χ0v) is 15.2. The number of hydrogen-bond donors (Lipinski definition) is 1. The smallest absolute Gasteiger partial charge is 0.0695 e. The molecular formula is C24H25NO. The maximum absolute atomic E-state index is 10.2. The van der Waals surface area contributed by atoms with Crippen LogP contribution in [0, 0.1) is 0 Å². The minimum atomic E-state index is -0.278. The van der Waals surface area contributed by atoms with Crippen molar-refractivity contribution in [2.75, 3.05) is 6.61 Å². The minimum Gasteiger partial charge on any atom is -0.395 e. The topological polar surface area (TPSA) is 23.5 Å². The van der Waals surface area contributed by atoms with Gasteiger partial charge >= 0.3 is 0 Å². The van der Waals surface area contributed by atoms with E-state index in [0.29, 0.717) is 0 Å². The van der Waals surface area contributed by atoms with Crippen LogP contribution >= 0.6 is 0 Å². The largest absolute Gasteiger partial charge is 0.395 e. The van der Waals surface area contributed by atoms with Crippen LogP contribution in [0.15, 0.2) is 84.9 Å². The third-order valence-electron chi connectivity index (χ3n) is 5.75. The Hall–Kier alpha value is -2.42. The van der Waals surface area contributed by atoms with E-state index in [1.165, 1.54) is 22.3 Å². The second-order valence-electron chi connectivity index (χ2n) is 7.25. The molecule has 26 heavy (non-hydrogen) atoms. The summed E-state index contributed by atoms with van der Waals surface area (Å²) < 4.78 is 0. The average Bonchev–Trinajstić information content (AvgIpc) is 2.71. The van der Waals surface area contributed by atoms with Crippen molar-refractivity contribution >= 4 is 0 Å². The predicted molar refractivity (Wildman–Crippen MR) is 106 cm³/mol. The lowest BCUT2D eigenvalue weighted by molar-refractivity contribution is 0.0263. The van der Waals surface area contributed by atoms with Gasteiger partial charge in [0.25, 0.3) is 0 Å². The molecule has 2 nitrogen and oxygen atoms in total. The van der Waals surface area contributed by atoms with Crippen molar-refractivity contribution in [1.82, 2.24) is 4.90 Å². The van der Waals surface area contributed by atoms with Crippen LogP contribution in [0.1, 0.15) is 29.2 Å². The monoisotopic (exact) mass is 343 g/mol. The van der Waals surface area contributed by atoms with Crippen molar-refractivity contribution < 1.29 is 5.11 Å². The summed E-state index contributed by atoms with van der Waals surface area (Å²) in [7, 11) is 0. The first-order valence-corrected chi connectivity index (χ1v) is 9.29. The van der Waals surface area contributed by atoms with Crippen molar-refractivity contribution in [3.05, 3.63) is 107 Å². The molecule has 0 saturated carbocycles. The summed E-state index contributed by atoms with van der Waals surface area (Å²) in [6.07, 6.45) is 0.877. The Morgan fingerprint density at radius 1 is 0.885 bits per heavy atom. The molecule has 1 heterocycles. The van der Waals surface area contributed by atoms with Gasteiger partial charge in [0.2, 0.25) is 0 Å². The summed E-state index contributed by atoms with van der Waals surface area (Å²) in [6, 6.07) is 30.0. The summed E-state index contributed by atoms with van der Waals surface area (Å²) in [6.45, 7) is 3.27. The molecule has 1 aliphatic rings. The number of fused-ring (bicyclic) bond motifs is 1. The first-order valence-electron chi connectivity index (χ1n) is 9.29. The Morgan fingerprint density at radius 3 is 2.19 bits per heavy atom. The van der Waals surface area contributed by atoms with Gasteiger partial charge in [0.05, 0.1) is 12.1 Å². The number of nitrogens with zero attached hydrogens (tertiary/aromatic N) is 1. The van der Waals surface area contributed by atoms with Crippen LogP contribution in [0.3, 0.4) is 0 Å². The molecule has 1 N–H and O–H groups in total. The van der Waals surface area contributed by atoms with Gasteiger partial charge in [-0.05, 0) is 35.6 Å². The van der Waals surface area contributed by atoms with Crippen molar-refractivity contribution in [2.45, 2.75) is 31.5 Å². The van der Waals surface area contributed by atoms with Crippen LogP contribution < -0.4 is 0 Å². The van der Waals surface area contributed by atoms with Crippen molar-refractivity contribution in [2.24, 2.45) is 0 Å². The molecule has 3 aromatic rings. The molecule has 2 heteroatoms. The van der Waals surface area contributed by atoms with Gasteiger partial charge in [0.15, 0.2) is 0 Å². The second-order valence-corrected chi connectivity index (χ2v) is 7.25. The standard InChI is InChI=1S/C24H25NO/c1-24(21-13-6-3-7-14-21)23-15-9-8-12-20(23)16-22(18-26)25(24)17-19-10-4-2-5-11-19/h2-15,22,26H,16-18H2,1H3. The van der Waals surface area contributed by atoms with Crippen LogP contribution in [0.25, 0.3) is 0 Å². The SMILES string of the molecule is CC1(c2ccccc2)c2ccccc2CC(CO)N1Cc1ccccc1. The summed E-state index contributed by atoms with van der Waals surface area (Å²) in [5.41, 5.74) is 4.93. The Bertz CT molecular complexity index is 862. The highest BCUT2D eigenvalue weighted by molar-refractivity contribution is 5.45. The van der Waals surface area contributed by atoms with Gasteiger partial charge in [-0.25, -0.2) is 0 Å². The quantitative estimate of drug-likeness (QED) is 0.760. The highest BCUT2D eigenvalue weighted by atomic mass is 16.3. The van der Waals surface area contributed by atoms with Crippen molar-refractivity contribution in [3.8, 4) is 0 Å². The molecule has 0 aromatic heterocycles. The van der Waals surface area contributed by atoms with Gasteiger partial charge < -0.3 is 5.11 Å². The lowest BCUT2D eigenvalue weighted by atomic mass is 9.74. The summed E-state index contributed by atoms with van der Waals surface area (Å²) in [4.78, 5) is 2.47. The Morgan fingerprint density at radius 2 is 1.50 bits per heavy atom. The van der Waals surface area contributed by atoms with E-state index in [9.17, 15) is 5.11 Å². The zero-order valence-electron chi connectivity index (χ0n) is 15.2. The van der Waals surface area contributed by atoms with Gasteiger partial charge in [-0.15, -0.1) is 0 Å². The van der Waals surface area contributed by atoms with Gasteiger partial charge in [-0.2, -0.15) is 0 Å². The molecule has 132 valence electrons. The summed E-state index contributed by atoms with van der Waals surface area (Å²) in [5.74, 6) is 0. The number of aliphatic hydroxyl groups is 1. The van der Waals surface area contributed by atoms with E-state index < -0.39 is 0 Å². The highest BCUT2D eigenvalue weighted by Crippen LogP contribution is 2.43. The highest BCUT2D eigenvalue weighted by Gasteiger charge is 2.44. The van der Waals surface area contributed by atoms with Crippen molar-refractivity contribution in [1.29, 1.82) is 0 Å². The maximum atomic E-state index is 10.2. The Labute approximate surface area is 155 Å². The maximum Gasteiger partial charge on any atom is 0.0695 e. The third kappa shape index (κ3) is 2.86. The molecule has 0 aliphatic carbocycles. The summed E-state index contributed by atoms with van der Waals surface area (Å²) in [5, 5.41) is 10.2. The van der Waals surface area contributed by atoms with Crippen molar-refractivity contribution in [3.63, 3.8) is 0 Å². The minimum absolute atomic E-state index is 0.0929. The molecular weight excluding hydrogens is 318 g/mol. The molecule has 2 unspecified atom stereocenters. The Balaban J connectivity index is 1.88. The molecule has 0 bridgehead atoms. The van der Waals surface area contributed by atoms with E-state index in [-0.39, 0.29) is 18.2 Å². The van der Waals surface area contributed by atoms with Gasteiger partial charge in [-0.3, -0.25) is 4.90 Å². The molecule has 0 amide bonds. The first-order chi connectivity index (χ1) is 12.7. The van der Waals surface area contributed by atoms with Gasteiger partial charge in [0, 0.05) is 12.6 Å². The van der Waals surface area contributed by atoms with Crippen LogP contribution in [0.5, 0.6) is 0 Å². The van der Waals surface area contributed by atoms with Gasteiger partial charge in [0.1, 0.15) is 0 Å². The van der Waals surface area contributed by atoms with Gasteiger partial charge in [-0.1, -0.05) is 84.9 Å². The normalized spacial score (nSPS) is 22.8. The average molecular weight is 343 g/mol. The van der Waals surface area contributed by atoms with E-state index in [1.807, 2.05) is 0 Å². The fraction of sp³-hybridized carbons (Fsp3) is 0.250. The molecule has 2 atom stereocenters. The fourth-order valence-electron chi connectivity index (χ4n) is 4.37. The molecule has 3 aromatic carbocycles. The molecule has 4 rings (SSSR count). The number of rotatable bonds is 4. The van der Waals surface area contributed by atoms with E-state index in [0.717, 1.165) is 13.0 Å². The number of hydrogen-bond acceptors (Lipinski definition) is 2. The van der Waals surface area contributed by atoms with E-state index >= 15 is 0 Å². The molecule has 0 radical (unpaired) electrons. The third-order valence-corrected chi connectivity index (χ3v) is 5.75. The predicted octanol–water partition coefficient (Wildman–Crippen LogP) is 4.37. The number of benzene rings is 3. The number of aliphatic hydroxyl groups excluding tert-OH is 1. The van der Waals surface area contributed by atoms with Crippen LogP contribution in [0.2, 0.25) is 0 Å². The van der Waals surface area contributed by atoms with Crippen LogP contribution in [-0.2, 0) is 18.5 Å². The Kier molecular flexibility index (Phi) is 4.62. The molecule has 1 aliphatic heterocycles. The molecule has 0 fully saturated rings. The first kappa shape index (κ1) is 17.0. The van der Waals surface area contributed by atoms with Crippen LogP contribution in [0.4, 0.5) is 0 Å². The second kappa shape index (κ2) is 7.06. The molecule has 0 saturated heterocycles. The zero-order chi connectivity index (χ0) is 18.0. The lowest BCUT2D eigenvalue weighted by Gasteiger charge is -2.50. The summed E-state index contributed by atoms with van der Waals surface area (Å²) >= 11 is 0.